The molecule has 0 spiro atoms. The summed E-state index contributed by atoms with van der Waals surface area (Å²) >= 11 is 0. The molecule has 1 aromatic rings. The van der Waals surface area contributed by atoms with Crippen LogP contribution < -0.4 is 0 Å². The zero-order valence-electron chi connectivity index (χ0n) is 21.6. The SMILES string of the molecule is CC(C)(C)C(C)(C)CCCCCCCCCO[C@H]1C[C@@H](O)C[C@H]1COCc1ccccc1. The number of benzene rings is 1. The third-order valence-corrected chi connectivity index (χ3v) is 7.86. The summed E-state index contributed by atoms with van der Waals surface area (Å²) in [5, 5.41) is 10.1. The Morgan fingerprint density at radius 1 is 0.844 bits per heavy atom. The summed E-state index contributed by atoms with van der Waals surface area (Å²) in [6.07, 6.45) is 11.9. The molecule has 1 aliphatic carbocycles. The van der Waals surface area contributed by atoms with Crippen LogP contribution in [0.1, 0.15) is 104 Å². The lowest BCUT2D eigenvalue weighted by Crippen LogP contribution is -2.29. The number of hydrogen-bond acceptors (Lipinski definition) is 3. The summed E-state index contributed by atoms with van der Waals surface area (Å²) in [5.41, 5.74) is 2.00. The topological polar surface area (TPSA) is 38.7 Å². The van der Waals surface area contributed by atoms with Gasteiger partial charge in [-0.25, -0.2) is 0 Å². The van der Waals surface area contributed by atoms with E-state index < -0.39 is 0 Å². The van der Waals surface area contributed by atoms with Gasteiger partial charge in [0.15, 0.2) is 0 Å². The van der Waals surface area contributed by atoms with Crippen molar-refractivity contribution in [2.75, 3.05) is 13.2 Å². The number of hydrogen-bond donors (Lipinski definition) is 1. The van der Waals surface area contributed by atoms with Crippen molar-refractivity contribution in [1.82, 2.24) is 0 Å². The molecule has 1 saturated carbocycles. The summed E-state index contributed by atoms with van der Waals surface area (Å²) in [6, 6.07) is 10.3. The van der Waals surface area contributed by atoms with Gasteiger partial charge in [-0.15, -0.1) is 0 Å². The van der Waals surface area contributed by atoms with Gasteiger partial charge in [-0.2, -0.15) is 0 Å². The fraction of sp³-hybridized carbons (Fsp3) is 0.793. The predicted molar refractivity (Wildman–Crippen MR) is 135 cm³/mol. The zero-order valence-corrected chi connectivity index (χ0v) is 21.6. The maximum absolute atomic E-state index is 10.1. The molecule has 0 amide bonds. The standard InChI is InChI=1S/C29H50O3/c1-28(2,3)29(4,5)18-14-9-7-6-8-10-15-19-32-27-21-26(30)20-25(27)23-31-22-24-16-12-11-13-17-24/h11-13,16-17,25-27,30H,6-10,14-15,18-23H2,1-5H3/t25-,26-,27-/m0/s1. The van der Waals surface area contributed by atoms with E-state index in [-0.39, 0.29) is 12.2 Å². The Morgan fingerprint density at radius 3 is 2.12 bits per heavy atom. The number of aliphatic hydroxyl groups excluding tert-OH is 1. The lowest BCUT2D eigenvalue weighted by Gasteiger charge is -2.39. The number of aliphatic hydroxyl groups is 1. The second-order valence-electron chi connectivity index (χ2n) is 11.7. The van der Waals surface area contributed by atoms with E-state index in [1.807, 2.05) is 18.2 Å². The molecule has 3 nitrogen and oxygen atoms in total. The van der Waals surface area contributed by atoms with Gasteiger partial charge >= 0.3 is 0 Å². The number of rotatable bonds is 15. The third kappa shape index (κ3) is 9.93. The smallest absolute Gasteiger partial charge is 0.0717 e. The highest BCUT2D eigenvalue weighted by atomic mass is 16.5. The Balaban J connectivity index is 1.49. The van der Waals surface area contributed by atoms with Crippen molar-refractivity contribution in [1.29, 1.82) is 0 Å². The van der Waals surface area contributed by atoms with Gasteiger partial charge in [-0.3, -0.25) is 0 Å². The molecule has 184 valence electrons. The lowest BCUT2D eigenvalue weighted by molar-refractivity contribution is -0.0127. The Hall–Kier alpha value is -0.900. The molecular weight excluding hydrogens is 396 g/mol. The van der Waals surface area contributed by atoms with E-state index in [9.17, 15) is 5.11 Å². The predicted octanol–water partition coefficient (Wildman–Crippen LogP) is 7.55. The van der Waals surface area contributed by atoms with Crippen molar-refractivity contribution in [2.24, 2.45) is 16.7 Å². The van der Waals surface area contributed by atoms with Crippen LogP contribution in [-0.2, 0) is 16.1 Å². The molecule has 2 rings (SSSR count). The van der Waals surface area contributed by atoms with E-state index in [0.717, 1.165) is 25.9 Å². The van der Waals surface area contributed by atoms with Crippen molar-refractivity contribution in [2.45, 2.75) is 118 Å². The summed E-state index contributed by atoms with van der Waals surface area (Å²) < 4.78 is 12.1. The van der Waals surface area contributed by atoms with E-state index >= 15 is 0 Å². The van der Waals surface area contributed by atoms with Crippen LogP contribution in [-0.4, -0.2) is 30.5 Å². The van der Waals surface area contributed by atoms with Crippen LogP contribution in [0.5, 0.6) is 0 Å². The summed E-state index contributed by atoms with van der Waals surface area (Å²) in [6.45, 7) is 14.0. The van der Waals surface area contributed by atoms with Gasteiger partial charge < -0.3 is 14.6 Å². The average molecular weight is 447 g/mol. The van der Waals surface area contributed by atoms with Crippen molar-refractivity contribution in [3.8, 4) is 0 Å². The fourth-order valence-electron chi connectivity index (χ4n) is 4.50. The highest BCUT2D eigenvalue weighted by molar-refractivity contribution is 5.13. The van der Waals surface area contributed by atoms with Crippen LogP contribution in [0.3, 0.4) is 0 Å². The number of ether oxygens (including phenoxy) is 2. The monoisotopic (exact) mass is 446 g/mol. The first kappa shape index (κ1) is 27.3. The molecule has 0 aromatic heterocycles. The molecule has 0 bridgehead atoms. The second-order valence-corrected chi connectivity index (χ2v) is 11.7. The minimum atomic E-state index is -0.242. The summed E-state index contributed by atoms with van der Waals surface area (Å²) in [7, 11) is 0. The van der Waals surface area contributed by atoms with Gasteiger partial charge in [0, 0.05) is 12.5 Å². The third-order valence-electron chi connectivity index (χ3n) is 7.86. The van der Waals surface area contributed by atoms with Gasteiger partial charge in [0.25, 0.3) is 0 Å². The van der Waals surface area contributed by atoms with Crippen LogP contribution in [0.4, 0.5) is 0 Å². The summed E-state index contributed by atoms with van der Waals surface area (Å²) in [5.74, 6) is 0.311. The molecule has 1 aliphatic rings. The Morgan fingerprint density at radius 2 is 1.47 bits per heavy atom. The molecule has 3 heteroatoms. The van der Waals surface area contributed by atoms with E-state index in [0.29, 0.717) is 30.0 Å². The molecule has 1 N–H and O–H groups in total. The average Bonchev–Trinajstić information content (AvgIpc) is 3.08. The fourth-order valence-corrected chi connectivity index (χ4v) is 4.50. The molecule has 0 heterocycles. The van der Waals surface area contributed by atoms with E-state index in [1.165, 1.54) is 50.5 Å². The molecular formula is C29H50O3. The van der Waals surface area contributed by atoms with Crippen molar-refractivity contribution >= 4 is 0 Å². The van der Waals surface area contributed by atoms with Crippen LogP contribution in [0.25, 0.3) is 0 Å². The van der Waals surface area contributed by atoms with Crippen molar-refractivity contribution in [3.05, 3.63) is 35.9 Å². The van der Waals surface area contributed by atoms with Crippen molar-refractivity contribution in [3.63, 3.8) is 0 Å². The van der Waals surface area contributed by atoms with Crippen molar-refractivity contribution < 1.29 is 14.6 Å². The quantitative estimate of drug-likeness (QED) is 0.283. The molecule has 32 heavy (non-hydrogen) atoms. The molecule has 0 radical (unpaired) electrons. The highest BCUT2D eigenvalue weighted by Crippen LogP contribution is 2.42. The molecule has 3 atom stereocenters. The Bertz CT molecular complexity index is 605. The molecule has 0 saturated heterocycles. The van der Waals surface area contributed by atoms with Crippen LogP contribution >= 0.6 is 0 Å². The minimum absolute atomic E-state index is 0.145. The first-order chi connectivity index (χ1) is 15.2. The second kappa shape index (κ2) is 13.7. The number of unbranched alkanes of at least 4 members (excludes halogenated alkanes) is 6. The highest BCUT2D eigenvalue weighted by Gasteiger charge is 2.34. The van der Waals surface area contributed by atoms with Crippen LogP contribution in [0, 0.1) is 16.7 Å². The maximum atomic E-state index is 10.1. The largest absolute Gasteiger partial charge is 0.393 e. The van der Waals surface area contributed by atoms with E-state index in [2.05, 4.69) is 46.8 Å². The van der Waals surface area contributed by atoms with Gasteiger partial charge in [-0.1, -0.05) is 103 Å². The first-order valence-corrected chi connectivity index (χ1v) is 13.1. The van der Waals surface area contributed by atoms with Gasteiger partial charge in [0.2, 0.25) is 0 Å². The van der Waals surface area contributed by atoms with Crippen LogP contribution in [0.15, 0.2) is 30.3 Å². The van der Waals surface area contributed by atoms with Crippen LogP contribution in [0.2, 0.25) is 0 Å². The van der Waals surface area contributed by atoms with E-state index in [1.54, 1.807) is 0 Å². The first-order valence-electron chi connectivity index (χ1n) is 13.1. The van der Waals surface area contributed by atoms with Gasteiger partial charge in [0.05, 0.1) is 25.4 Å². The zero-order chi connectivity index (χ0) is 23.5. The lowest BCUT2D eigenvalue weighted by atomic mass is 9.67. The molecule has 0 aliphatic heterocycles. The normalized spacial score (nSPS) is 21.9. The molecule has 1 aromatic carbocycles. The van der Waals surface area contributed by atoms with Gasteiger partial charge in [-0.05, 0) is 42.1 Å². The minimum Gasteiger partial charge on any atom is -0.393 e. The Kier molecular flexibility index (Phi) is 11.7. The van der Waals surface area contributed by atoms with Gasteiger partial charge in [0.1, 0.15) is 0 Å². The molecule has 1 fully saturated rings. The maximum Gasteiger partial charge on any atom is 0.0717 e. The van der Waals surface area contributed by atoms with E-state index in [4.69, 9.17) is 9.47 Å². The Labute approximate surface area is 198 Å². The molecule has 0 unspecified atom stereocenters. The summed E-state index contributed by atoms with van der Waals surface area (Å²) in [4.78, 5) is 0.